The van der Waals surface area contributed by atoms with Gasteiger partial charge in [0.2, 0.25) is 0 Å². The Labute approximate surface area is 139 Å². The Kier molecular flexibility index (Phi) is 3.74. The summed E-state index contributed by atoms with van der Waals surface area (Å²) in [5.41, 5.74) is 2.37. The first-order chi connectivity index (χ1) is 11.8. The molecule has 0 fully saturated rings. The van der Waals surface area contributed by atoms with E-state index < -0.39 is 0 Å². The average molecular weight is 322 g/mol. The molecule has 0 radical (unpaired) electrons. The number of hydrogen-bond acceptors (Lipinski definition) is 4. The van der Waals surface area contributed by atoms with Gasteiger partial charge in [-0.15, -0.1) is 0 Å². The number of anilines is 2. The van der Waals surface area contributed by atoms with Gasteiger partial charge in [-0.2, -0.15) is 10.2 Å². The molecule has 3 heterocycles. The Balaban J connectivity index is 1.46. The lowest BCUT2D eigenvalue weighted by Gasteiger charge is -2.16. The fourth-order valence-corrected chi connectivity index (χ4v) is 2.80. The SMILES string of the molecule is O=C(Nc1cnn2c1NCCC2)c1cnn(Cc2ccccc2)c1. The molecule has 7 nitrogen and oxygen atoms in total. The Bertz CT molecular complexity index is 851. The largest absolute Gasteiger partial charge is 0.368 e. The van der Waals surface area contributed by atoms with Gasteiger partial charge in [0, 0.05) is 19.3 Å². The number of nitrogens with zero attached hydrogens (tertiary/aromatic N) is 4. The standard InChI is InChI=1S/C17H18N6O/c24-17(21-15-10-20-23-8-4-7-18-16(15)23)14-9-19-22(12-14)11-13-5-2-1-3-6-13/h1-3,5-6,9-10,12,18H,4,7-8,11H2,(H,21,24). The van der Waals surface area contributed by atoms with E-state index in [-0.39, 0.29) is 5.91 Å². The van der Waals surface area contributed by atoms with E-state index in [1.807, 2.05) is 35.0 Å². The molecule has 1 aliphatic heterocycles. The summed E-state index contributed by atoms with van der Waals surface area (Å²) in [6.45, 7) is 2.40. The molecule has 0 spiro atoms. The van der Waals surface area contributed by atoms with Crippen LogP contribution in [0.4, 0.5) is 11.5 Å². The highest BCUT2D eigenvalue weighted by molar-refractivity contribution is 6.05. The van der Waals surface area contributed by atoms with Crippen molar-refractivity contribution in [3.05, 3.63) is 60.0 Å². The van der Waals surface area contributed by atoms with Gasteiger partial charge >= 0.3 is 0 Å². The number of nitrogens with one attached hydrogen (secondary N) is 2. The number of aryl methyl sites for hydroxylation is 1. The summed E-state index contributed by atoms with van der Waals surface area (Å²) >= 11 is 0. The van der Waals surface area contributed by atoms with Crippen molar-refractivity contribution in [2.75, 3.05) is 17.2 Å². The highest BCUT2D eigenvalue weighted by atomic mass is 16.1. The zero-order valence-corrected chi connectivity index (χ0v) is 13.1. The normalized spacial score (nSPS) is 13.2. The number of carbonyl (C=O) groups excluding carboxylic acids is 1. The van der Waals surface area contributed by atoms with E-state index in [1.54, 1.807) is 23.3 Å². The number of aromatic nitrogens is 4. The summed E-state index contributed by atoms with van der Waals surface area (Å²) in [6, 6.07) is 10.0. The summed E-state index contributed by atoms with van der Waals surface area (Å²) in [4.78, 5) is 12.4. The molecule has 3 aromatic rings. The third-order valence-corrected chi connectivity index (χ3v) is 4.01. The lowest BCUT2D eigenvalue weighted by molar-refractivity contribution is 0.102. The van der Waals surface area contributed by atoms with Crippen LogP contribution in [-0.4, -0.2) is 32.0 Å². The molecule has 7 heteroatoms. The van der Waals surface area contributed by atoms with Crippen LogP contribution in [0.2, 0.25) is 0 Å². The molecular weight excluding hydrogens is 304 g/mol. The summed E-state index contributed by atoms with van der Waals surface area (Å²) in [6.07, 6.45) is 6.06. The van der Waals surface area contributed by atoms with Crippen LogP contribution in [-0.2, 0) is 13.1 Å². The number of amides is 1. The minimum Gasteiger partial charge on any atom is -0.368 e. The zero-order chi connectivity index (χ0) is 16.4. The molecule has 0 saturated heterocycles. The Morgan fingerprint density at radius 1 is 1.21 bits per heavy atom. The van der Waals surface area contributed by atoms with Gasteiger partial charge in [0.1, 0.15) is 11.5 Å². The lowest BCUT2D eigenvalue weighted by atomic mass is 10.2. The second-order valence-electron chi connectivity index (χ2n) is 5.78. The molecule has 24 heavy (non-hydrogen) atoms. The predicted molar refractivity (Wildman–Crippen MR) is 91.1 cm³/mol. The Morgan fingerprint density at radius 2 is 2.08 bits per heavy atom. The maximum atomic E-state index is 12.4. The van der Waals surface area contributed by atoms with Crippen LogP contribution in [0.25, 0.3) is 0 Å². The second kappa shape index (κ2) is 6.19. The van der Waals surface area contributed by atoms with Gasteiger partial charge in [0.25, 0.3) is 5.91 Å². The van der Waals surface area contributed by atoms with Gasteiger partial charge in [-0.25, -0.2) is 4.68 Å². The molecule has 122 valence electrons. The van der Waals surface area contributed by atoms with Gasteiger partial charge < -0.3 is 10.6 Å². The smallest absolute Gasteiger partial charge is 0.258 e. The fourth-order valence-electron chi connectivity index (χ4n) is 2.80. The third kappa shape index (κ3) is 2.88. The van der Waals surface area contributed by atoms with Gasteiger partial charge in [-0.1, -0.05) is 30.3 Å². The molecule has 0 saturated carbocycles. The summed E-state index contributed by atoms with van der Waals surface area (Å²) < 4.78 is 3.63. The highest BCUT2D eigenvalue weighted by Gasteiger charge is 2.17. The monoisotopic (exact) mass is 322 g/mol. The van der Waals surface area contributed by atoms with Crippen molar-refractivity contribution >= 4 is 17.4 Å². The van der Waals surface area contributed by atoms with E-state index >= 15 is 0 Å². The summed E-state index contributed by atoms with van der Waals surface area (Å²) in [5, 5.41) is 14.7. The van der Waals surface area contributed by atoms with Gasteiger partial charge in [0.05, 0.1) is 24.5 Å². The lowest BCUT2D eigenvalue weighted by Crippen LogP contribution is -2.19. The molecule has 0 atom stereocenters. The maximum Gasteiger partial charge on any atom is 0.258 e. The molecule has 0 unspecified atom stereocenters. The number of rotatable bonds is 4. The first kappa shape index (κ1) is 14.5. The van der Waals surface area contributed by atoms with Crippen molar-refractivity contribution in [1.29, 1.82) is 0 Å². The van der Waals surface area contributed by atoms with E-state index in [0.29, 0.717) is 17.8 Å². The molecule has 0 aliphatic carbocycles. The molecule has 2 N–H and O–H groups in total. The van der Waals surface area contributed by atoms with Crippen LogP contribution in [0.5, 0.6) is 0 Å². The molecule has 1 aromatic carbocycles. The predicted octanol–water partition coefficient (Wildman–Crippen LogP) is 2.20. The fraction of sp³-hybridized carbons (Fsp3) is 0.235. The van der Waals surface area contributed by atoms with Gasteiger partial charge in [0.15, 0.2) is 0 Å². The minimum atomic E-state index is -0.183. The van der Waals surface area contributed by atoms with Crippen molar-refractivity contribution < 1.29 is 4.79 Å². The van der Waals surface area contributed by atoms with Crippen molar-refractivity contribution in [3.63, 3.8) is 0 Å². The van der Waals surface area contributed by atoms with Crippen molar-refractivity contribution in [3.8, 4) is 0 Å². The topological polar surface area (TPSA) is 76.8 Å². The highest BCUT2D eigenvalue weighted by Crippen LogP contribution is 2.24. The maximum absolute atomic E-state index is 12.4. The zero-order valence-electron chi connectivity index (χ0n) is 13.1. The number of carbonyl (C=O) groups is 1. The van der Waals surface area contributed by atoms with Crippen LogP contribution < -0.4 is 10.6 Å². The Hall–Kier alpha value is -3.09. The minimum absolute atomic E-state index is 0.183. The first-order valence-electron chi connectivity index (χ1n) is 7.97. The van der Waals surface area contributed by atoms with E-state index in [2.05, 4.69) is 20.8 Å². The van der Waals surface area contributed by atoms with Crippen molar-refractivity contribution in [2.45, 2.75) is 19.5 Å². The van der Waals surface area contributed by atoms with Crippen LogP contribution in [0.3, 0.4) is 0 Å². The third-order valence-electron chi connectivity index (χ3n) is 4.01. The molecule has 4 rings (SSSR count). The molecule has 2 aromatic heterocycles. The van der Waals surface area contributed by atoms with Crippen LogP contribution >= 0.6 is 0 Å². The van der Waals surface area contributed by atoms with Gasteiger partial charge in [-0.05, 0) is 12.0 Å². The first-order valence-corrected chi connectivity index (χ1v) is 7.97. The van der Waals surface area contributed by atoms with Crippen LogP contribution in [0, 0.1) is 0 Å². The Morgan fingerprint density at radius 3 is 2.96 bits per heavy atom. The van der Waals surface area contributed by atoms with E-state index in [0.717, 1.165) is 30.9 Å². The van der Waals surface area contributed by atoms with Gasteiger partial charge in [-0.3, -0.25) is 9.48 Å². The summed E-state index contributed by atoms with van der Waals surface area (Å²) in [5.74, 6) is 0.684. The molecule has 1 amide bonds. The average Bonchev–Trinajstić information content (AvgIpc) is 3.24. The second-order valence-corrected chi connectivity index (χ2v) is 5.78. The van der Waals surface area contributed by atoms with E-state index in [9.17, 15) is 4.79 Å². The van der Waals surface area contributed by atoms with Crippen LogP contribution in [0.15, 0.2) is 48.9 Å². The molecule has 0 bridgehead atoms. The molecule has 1 aliphatic rings. The van der Waals surface area contributed by atoms with E-state index in [1.165, 1.54) is 0 Å². The van der Waals surface area contributed by atoms with Crippen molar-refractivity contribution in [1.82, 2.24) is 19.6 Å². The van der Waals surface area contributed by atoms with Crippen molar-refractivity contribution in [2.24, 2.45) is 0 Å². The number of hydrogen-bond donors (Lipinski definition) is 2. The number of fused-ring (bicyclic) bond motifs is 1. The van der Waals surface area contributed by atoms with E-state index in [4.69, 9.17) is 0 Å². The van der Waals surface area contributed by atoms with Crippen LogP contribution in [0.1, 0.15) is 22.3 Å². The molecular formula is C17H18N6O. The quantitative estimate of drug-likeness (QED) is 0.772. The number of benzene rings is 1. The summed E-state index contributed by atoms with van der Waals surface area (Å²) in [7, 11) is 0.